The summed E-state index contributed by atoms with van der Waals surface area (Å²) in [6.45, 7) is 2.23. The van der Waals surface area contributed by atoms with Gasteiger partial charge in [0.1, 0.15) is 17.6 Å². The first-order valence-electron chi connectivity index (χ1n) is 13.7. The molecule has 3 nitrogen and oxygen atoms in total. The van der Waals surface area contributed by atoms with E-state index in [0.717, 1.165) is 46.5 Å². The standard InChI is InChI=1S/C35H30ClNO2/c1-38-26-13-14-27-23(21-26)12-17-33-35(27)31(22-34(39-33)24-8-7-9-25(36)20-24)29-15-16-32(37-18-5-2-6-19-37)30-11-4-3-10-28(29)30/h3-4,7-17,20-22,34H,2,5-6,18-19H2,1H3. The summed E-state index contributed by atoms with van der Waals surface area (Å²) in [6.07, 6.45) is 5.84. The number of ether oxygens (including phenoxy) is 2. The molecule has 5 aromatic rings. The molecule has 2 heterocycles. The third kappa shape index (κ3) is 4.31. The Morgan fingerprint density at radius 2 is 1.64 bits per heavy atom. The highest BCUT2D eigenvalue weighted by Gasteiger charge is 2.27. The van der Waals surface area contributed by atoms with Gasteiger partial charge >= 0.3 is 0 Å². The molecule has 0 N–H and O–H groups in total. The first-order chi connectivity index (χ1) is 19.2. The molecular formula is C35H30ClNO2. The lowest BCUT2D eigenvalue weighted by Gasteiger charge is -2.31. The molecule has 39 heavy (non-hydrogen) atoms. The monoisotopic (exact) mass is 531 g/mol. The molecule has 7 rings (SSSR count). The Labute approximate surface area is 234 Å². The van der Waals surface area contributed by atoms with E-state index in [2.05, 4.69) is 77.7 Å². The summed E-state index contributed by atoms with van der Waals surface area (Å²) in [5, 5.41) is 5.53. The predicted molar refractivity (Wildman–Crippen MR) is 162 cm³/mol. The van der Waals surface area contributed by atoms with E-state index in [1.54, 1.807) is 7.11 Å². The molecule has 1 fully saturated rings. The van der Waals surface area contributed by atoms with Crippen molar-refractivity contribution in [2.24, 2.45) is 0 Å². The van der Waals surface area contributed by atoms with Crippen LogP contribution in [0.25, 0.3) is 27.1 Å². The van der Waals surface area contributed by atoms with E-state index in [1.807, 2.05) is 24.3 Å². The molecule has 0 saturated carbocycles. The van der Waals surface area contributed by atoms with Crippen LogP contribution in [0.4, 0.5) is 5.69 Å². The second-order valence-corrected chi connectivity index (χ2v) is 10.9. The lowest BCUT2D eigenvalue weighted by molar-refractivity contribution is 0.251. The van der Waals surface area contributed by atoms with Crippen LogP contribution < -0.4 is 14.4 Å². The average molecular weight is 532 g/mol. The van der Waals surface area contributed by atoms with Crippen LogP contribution in [0.3, 0.4) is 0 Å². The molecule has 0 bridgehead atoms. The van der Waals surface area contributed by atoms with E-state index in [4.69, 9.17) is 21.1 Å². The highest BCUT2D eigenvalue weighted by molar-refractivity contribution is 6.30. The van der Waals surface area contributed by atoms with Crippen molar-refractivity contribution in [2.75, 3.05) is 25.1 Å². The van der Waals surface area contributed by atoms with Crippen molar-refractivity contribution < 1.29 is 9.47 Å². The lowest BCUT2D eigenvalue weighted by Crippen LogP contribution is -2.29. The van der Waals surface area contributed by atoms with E-state index in [0.29, 0.717) is 5.02 Å². The first kappa shape index (κ1) is 24.1. The van der Waals surface area contributed by atoms with Gasteiger partial charge in [0.05, 0.1) is 7.11 Å². The van der Waals surface area contributed by atoms with Crippen molar-refractivity contribution in [2.45, 2.75) is 25.4 Å². The molecular weight excluding hydrogens is 502 g/mol. The van der Waals surface area contributed by atoms with Crippen LogP contribution in [0.1, 0.15) is 42.1 Å². The van der Waals surface area contributed by atoms with Gasteiger partial charge < -0.3 is 14.4 Å². The van der Waals surface area contributed by atoms with Crippen molar-refractivity contribution in [1.29, 1.82) is 0 Å². The fraction of sp³-hybridized carbons (Fsp3) is 0.200. The Hall–Kier alpha value is -3.95. The molecule has 5 aromatic carbocycles. The summed E-state index contributed by atoms with van der Waals surface area (Å²) in [5.74, 6) is 1.72. The normalized spacial score (nSPS) is 17.0. The van der Waals surface area contributed by atoms with Crippen LogP contribution in [0, 0.1) is 0 Å². The zero-order valence-corrected chi connectivity index (χ0v) is 22.7. The summed E-state index contributed by atoms with van der Waals surface area (Å²) in [7, 11) is 1.71. The van der Waals surface area contributed by atoms with Crippen LogP contribution in [-0.4, -0.2) is 20.2 Å². The molecule has 4 heteroatoms. The molecule has 0 radical (unpaired) electrons. The number of rotatable bonds is 4. The van der Waals surface area contributed by atoms with Gasteiger partial charge in [-0.05, 0) is 101 Å². The summed E-state index contributed by atoms with van der Waals surface area (Å²) < 4.78 is 12.2. The minimum atomic E-state index is -0.248. The zero-order valence-electron chi connectivity index (χ0n) is 22.0. The third-order valence-corrected chi connectivity index (χ3v) is 8.33. The van der Waals surface area contributed by atoms with Crippen molar-refractivity contribution >= 4 is 44.4 Å². The Morgan fingerprint density at radius 1 is 0.795 bits per heavy atom. The smallest absolute Gasteiger partial charge is 0.143 e. The van der Waals surface area contributed by atoms with Crippen LogP contribution in [0.15, 0.2) is 97.1 Å². The number of fused-ring (bicyclic) bond motifs is 4. The molecule has 0 aromatic heterocycles. The van der Waals surface area contributed by atoms with Gasteiger partial charge in [0.2, 0.25) is 0 Å². The first-order valence-corrected chi connectivity index (χ1v) is 14.1. The van der Waals surface area contributed by atoms with Crippen LogP contribution in [-0.2, 0) is 0 Å². The minimum Gasteiger partial charge on any atom is -0.497 e. The number of benzene rings is 5. The maximum atomic E-state index is 6.65. The Kier molecular flexibility index (Phi) is 6.17. The molecule has 0 spiro atoms. The fourth-order valence-corrected chi connectivity index (χ4v) is 6.40. The largest absolute Gasteiger partial charge is 0.497 e. The van der Waals surface area contributed by atoms with E-state index in [9.17, 15) is 0 Å². The number of halogens is 1. The number of piperidine rings is 1. The van der Waals surface area contributed by atoms with Crippen molar-refractivity contribution in [3.8, 4) is 11.5 Å². The number of hydrogen-bond donors (Lipinski definition) is 0. The molecule has 0 amide bonds. The van der Waals surface area contributed by atoms with E-state index < -0.39 is 0 Å². The van der Waals surface area contributed by atoms with Gasteiger partial charge in [-0.1, -0.05) is 60.1 Å². The van der Waals surface area contributed by atoms with Crippen molar-refractivity contribution in [3.05, 3.63) is 119 Å². The van der Waals surface area contributed by atoms with Gasteiger partial charge in [-0.3, -0.25) is 0 Å². The Morgan fingerprint density at radius 3 is 2.46 bits per heavy atom. The summed E-state index contributed by atoms with van der Waals surface area (Å²) in [6, 6.07) is 31.9. The summed E-state index contributed by atoms with van der Waals surface area (Å²) >= 11 is 6.40. The second-order valence-electron chi connectivity index (χ2n) is 10.4. The number of methoxy groups -OCH3 is 1. The SMILES string of the molecule is COc1ccc2c3c(ccc2c1)OC(c1cccc(Cl)c1)C=C3c1ccc(N2CCCCC2)c2ccccc12. The maximum absolute atomic E-state index is 6.65. The Balaban J connectivity index is 1.47. The Bertz CT molecular complexity index is 1730. The molecule has 2 aliphatic heterocycles. The van der Waals surface area contributed by atoms with Gasteiger partial charge in [0.25, 0.3) is 0 Å². The third-order valence-electron chi connectivity index (χ3n) is 8.10. The van der Waals surface area contributed by atoms with Gasteiger partial charge in [-0.2, -0.15) is 0 Å². The zero-order chi connectivity index (χ0) is 26.3. The van der Waals surface area contributed by atoms with Gasteiger partial charge in [0, 0.05) is 34.7 Å². The molecule has 1 unspecified atom stereocenters. The topological polar surface area (TPSA) is 21.7 Å². The highest BCUT2D eigenvalue weighted by atomic mass is 35.5. The van der Waals surface area contributed by atoms with Gasteiger partial charge in [0.15, 0.2) is 0 Å². The number of nitrogens with zero attached hydrogens (tertiary/aromatic N) is 1. The molecule has 2 aliphatic rings. The molecule has 194 valence electrons. The van der Waals surface area contributed by atoms with E-state index >= 15 is 0 Å². The van der Waals surface area contributed by atoms with Crippen LogP contribution >= 0.6 is 11.6 Å². The van der Waals surface area contributed by atoms with Crippen LogP contribution in [0.2, 0.25) is 5.02 Å². The van der Waals surface area contributed by atoms with Gasteiger partial charge in [-0.15, -0.1) is 0 Å². The van der Waals surface area contributed by atoms with E-state index in [1.165, 1.54) is 46.9 Å². The average Bonchev–Trinajstić information content (AvgIpc) is 3.00. The highest BCUT2D eigenvalue weighted by Crippen LogP contribution is 2.47. The van der Waals surface area contributed by atoms with Gasteiger partial charge in [-0.25, -0.2) is 0 Å². The summed E-state index contributed by atoms with van der Waals surface area (Å²) in [4.78, 5) is 2.55. The maximum Gasteiger partial charge on any atom is 0.143 e. The predicted octanol–water partition coefficient (Wildman–Crippen LogP) is 9.21. The molecule has 1 saturated heterocycles. The fourth-order valence-electron chi connectivity index (χ4n) is 6.20. The number of anilines is 1. The van der Waals surface area contributed by atoms with Crippen molar-refractivity contribution in [3.63, 3.8) is 0 Å². The van der Waals surface area contributed by atoms with E-state index in [-0.39, 0.29) is 6.10 Å². The lowest BCUT2D eigenvalue weighted by atomic mass is 9.86. The molecule has 0 aliphatic carbocycles. The van der Waals surface area contributed by atoms with Crippen molar-refractivity contribution in [1.82, 2.24) is 0 Å². The molecule has 1 atom stereocenters. The minimum absolute atomic E-state index is 0.248. The van der Waals surface area contributed by atoms with Crippen LogP contribution in [0.5, 0.6) is 11.5 Å². The quantitative estimate of drug-likeness (QED) is 0.231. The second kappa shape index (κ2) is 9.98. The number of hydrogen-bond acceptors (Lipinski definition) is 3. The summed E-state index contributed by atoms with van der Waals surface area (Å²) in [5.41, 5.74) is 5.87.